The van der Waals surface area contributed by atoms with Crippen LogP contribution in [0.15, 0.2) is 12.1 Å². The van der Waals surface area contributed by atoms with Crippen LogP contribution in [0.3, 0.4) is 0 Å². The molecule has 3 heteroatoms. The number of nitrogens with one attached hydrogen (secondary N) is 1. The highest BCUT2D eigenvalue weighted by atomic mass is 16.3. The summed E-state index contributed by atoms with van der Waals surface area (Å²) >= 11 is 0. The van der Waals surface area contributed by atoms with Crippen molar-refractivity contribution >= 4 is 5.69 Å². The Balaban J connectivity index is 2.42. The van der Waals surface area contributed by atoms with Gasteiger partial charge in [0.15, 0.2) is 0 Å². The zero-order valence-corrected chi connectivity index (χ0v) is 7.67. The lowest BCUT2D eigenvalue weighted by Gasteiger charge is -2.29. The van der Waals surface area contributed by atoms with Gasteiger partial charge in [-0.25, -0.2) is 0 Å². The summed E-state index contributed by atoms with van der Waals surface area (Å²) in [6, 6.07) is 4.07. The zero-order chi connectivity index (χ0) is 9.42. The first-order chi connectivity index (χ1) is 6.18. The summed E-state index contributed by atoms with van der Waals surface area (Å²) in [6.07, 6.45) is 1.08. The fourth-order valence-corrected chi connectivity index (χ4v) is 1.66. The second-order valence-electron chi connectivity index (χ2n) is 3.59. The maximum atomic E-state index is 9.69. The second-order valence-corrected chi connectivity index (χ2v) is 3.59. The standard InChI is InChI=1S/C10H14N2O/c1-6-4-7(9-2-3-12-9)10(13)8(11)5-6/h4-5,9,12-13H,2-3,11H2,1H3. The number of benzene rings is 1. The quantitative estimate of drug-likeness (QED) is 0.449. The van der Waals surface area contributed by atoms with Crippen molar-refractivity contribution in [3.8, 4) is 5.75 Å². The Kier molecular flexibility index (Phi) is 1.88. The largest absolute Gasteiger partial charge is 0.505 e. The highest BCUT2D eigenvalue weighted by Crippen LogP contribution is 2.35. The van der Waals surface area contributed by atoms with Gasteiger partial charge in [-0.2, -0.15) is 0 Å². The van der Waals surface area contributed by atoms with Crippen molar-refractivity contribution in [2.45, 2.75) is 19.4 Å². The first kappa shape index (κ1) is 8.38. The molecule has 4 N–H and O–H groups in total. The summed E-state index contributed by atoms with van der Waals surface area (Å²) < 4.78 is 0. The molecular weight excluding hydrogens is 164 g/mol. The van der Waals surface area contributed by atoms with Crippen LogP contribution in [0, 0.1) is 6.92 Å². The lowest BCUT2D eigenvalue weighted by molar-refractivity contribution is 0.365. The summed E-state index contributed by atoms with van der Waals surface area (Å²) in [5.41, 5.74) is 8.17. The third-order valence-electron chi connectivity index (χ3n) is 2.51. The molecule has 1 aromatic rings. The average molecular weight is 178 g/mol. The zero-order valence-electron chi connectivity index (χ0n) is 7.67. The molecule has 0 spiro atoms. The van der Waals surface area contributed by atoms with E-state index in [1.54, 1.807) is 6.07 Å². The first-order valence-electron chi connectivity index (χ1n) is 4.51. The van der Waals surface area contributed by atoms with E-state index in [0.717, 1.165) is 24.1 Å². The maximum absolute atomic E-state index is 9.69. The molecule has 0 aromatic heterocycles. The van der Waals surface area contributed by atoms with E-state index in [4.69, 9.17) is 5.73 Å². The molecule has 70 valence electrons. The van der Waals surface area contributed by atoms with Crippen LogP contribution < -0.4 is 11.1 Å². The number of phenols is 1. The molecule has 1 fully saturated rings. The summed E-state index contributed by atoms with van der Waals surface area (Å²) in [6.45, 7) is 3.01. The van der Waals surface area contributed by atoms with Crippen LogP contribution in [0.2, 0.25) is 0 Å². The number of anilines is 1. The Labute approximate surface area is 77.6 Å². The first-order valence-corrected chi connectivity index (χ1v) is 4.51. The Morgan fingerprint density at radius 3 is 2.77 bits per heavy atom. The van der Waals surface area contributed by atoms with Gasteiger partial charge in [-0.05, 0) is 31.5 Å². The van der Waals surface area contributed by atoms with Crippen LogP contribution in [0.5, 0.6) is 5.75 Å². The van der Waals surface area contributed by atoms with Gasteiger partial charge < -0.3 is 16.2 Å². The second kappa shape index (κ2) is 2.92. The molecule has 3 nitrogen and oxygen atoms in total. The summed E-state index contributed by atoms with van der Waals surface area (Å²) in [5.74, 6) is 0.239. The van der Waals surface area contributed by atoms with E-state index in [1.165, 1.54) is 0 Å². The Hall–Kier alpha value is -1.22. The van der Waals surface area contributed by atoms with Crippen LogP contribution >= 0.6 is 0 Å². The van der Waals surface area contributed by atoms with E-state index in [1.807, 2.05) is 13.0 Å². The molecule has 0 aliphatic carbocycles. The fraction of sp³-hybridized carbons (Fsp3) is 0.400. The number of hydrogen-bond acceptors (Lipinski definition) is 3. The predicted octanol–water partition coefficient (Wildman–Crippen LogP) is 1.32. The summed E-state index contributed by atoms with van der Waals surface area (Å²) in [7, 11) is 0. The molecule has 0 saturated carbocycles. The molecule has 2 rings (SSSR count). The van der Waals surface area contributed by atoms with E-state index in [2.05, 4.69) is 5.32 Å². The van der Waals surface area contributed by atoms with Crippen LogP contribution in [0.4, 0.5) is 5.69 Å². The van der Waals surface area contributed by atoms with E-state index < -0.39 is 0 Å². The van der Waals surface area contributed by atoms with Crippen molar-refractivity contribution in [1.29, 1.82) is 0 Å². The summed E-state index contributed by atoms with van der Waals surface area (Å²) in [5, 5.41) is 12.9. The van der Waals surface area contributed by atoms with E-state index in [0.29, 0.717) is 11.7 Å². The molecule has 0 amide bonds. The Bertz CT molecular complexity index is 332. The number of aromatic hydroxyl groups is 1. The number of rotatable bonds is 1. The van der Waals surface area contributed by atoms with Gasteiger partial charge in [-0.3, -0.25) is 0 Å². The van der Waals surface area contributed by atoms with Crippen molar-refractivity contribution in [2.24, 2.45) is 0 Å². The number of aryl methyl sites for hydroxylation is 1. The van der Waals surface area contributed by atoms with Crippen molar-refractivity contribution in [3.05, 3.63) is 23.3 Å². The van der Waals surface area contributed by atoms with Gasteiger partial charge in [0.25, 0.3) is 0 Å². The highest BCUT2D eigenvalue weighted by Gasteiger charge is 2.22. The minimum atomic E-state index is 0.239. The van der Waals surface area contributed by atoms with Gasteiger partial charge in [0, 0.05) is 11.6 Å². The lowest BCUT2D eigenvalue weighted by atomic mass is 9.95. The van der Waals surface area contributed by atoms with Gasteiger partial charge in [0.1, 0.15) is 5.75 Å². The van der Waals surface area contributed by atoms with Crippen molar-refractivity contribution in [1.82, 2.24) is 5.32 Å². The minimum Gasteiger partial charge on any atom is -0.505 e. The van der Waals surface area contributed by atoms with Crippen LogP contribution in [0.1, 0.15) is 23.6 Å². The van der Waals surface area contributed by atoms with Crippen LogP contribution in [-0.4, -0.2) is 11.7 Å². The summed E-state index contributed by atoms with van der Waals surface area (Å²) in [4.78, 5) is 0. The molecule has 0 radical (unpaired) electrons. The number of nitrogen functional groups attached to an aromatic ring is 1. The third-order valence-corrected chi connectivity index (χ3v) is 2.51. The third kappa shape index (κ3) is 1.35. The fourth-order valence-electron chi connectivity index (χ4n) is 1.66. The van der Waals surface area contributed by atoms with Gasteiger partial charge >= 0.3 is 0 Å². The average Bonchev–Trinajstić information content (AvgIpc) is 1.95. The molecule has 1 atom stereocenters. The minimum absolute atomic E-state index is 0.239. The lowest BCUT2D eigenvalue weighted by Crippen LogP contribution is -2.35. The SMILES string of the molecule is Cc1cc(N)c(O)c(C2CCN2)c1. The Morgan fingerprint density at radius 1 is 1.54 bits per heavy atom. The normalized spacial score (nSPS) is 21.2. The van der Waals surface area contributed by atoms with Gasteiger partial charge in [0.2, 0.25) is 0 Å². The molecule has 13 heavy (non-hydrogen) atoms. The molecular formula is C10H14N2O. The number of hydrogen-bond donors (Lipinski definition) is 3. The predicted molar refractivity (Wildman–Crippen MR) is 52.6 cm³/mol. The van der Waals surface area contributed by atoms with Crippen LogP contribution in [-0.2, 0) is 0 Å². The van der Waals surface area contributed by atoms with E-state index >= 15 is 0 Å². The monoisotopic (exact) mass is 178 g/mol. The molecule has 1 aliphatic rings. The Morgan fingerprint density at radius 2 is 2.23 bits per heavy atom. The van der Waals surface area contributed by atoms with Crippen LogP contribution in [0.25, 0.3) is 0 Å². The highest BCUT2D eigenvalue weighted by molar-refractivity contribution is 5.59. The molecule has 1 saturated heterocycles. The van der Waals surface area contributed by atoms with E-state index in [9.17, 15) is 5.11 Å². The van der Waals surface area contributed by atoms with Gasteiger partial charge in [-0.15, -0.1) is 0 Å². The maximum Gasteiger partial charge on any atom is 0.143 e. The van der Waals surface area contributed by atoms with Crippen molar-refractivity contribution in [3.63, 3.8) is 0 Å². The molecule has 0 bridgehead atoms. The molecule has 1 unspecified atom stereocenters. The molecule has 1 heterocycles. The molecule has 1 aromatic carbocycles. The van der Waals surface area contributed by atoms with Gasteiger partial charge in [-0.1, -0.05) is 6.07 Å². The van der Waals surface area contributed by atoms with Crippen molar-refractivity contribution < 1.29 is 5.11 Å². The van der Waals surface area contributed by atoms with E-state index in [-0.39, 0.29) is 5.75 Å². The van der Waals surface area contributed by atoms with Gasteiger partial charge in [0.05, 0.1) is 5.69 Å². The molecule has 1 aliphatic heterocycles. The smallest absolute Gasteiger partial charge is 0.143 e. The van der Waals surface area contributed by atoms with Crippen molar-refractivity contribution in [2.75, 3.05) is 12.3 Å². The number of nitrogens with two attached hydrogens (primary N) is 1. The topological polar surface area (TPSA) is 58.3 Å². The number of phenolic OH excluding ortho intramolecular Hbond substituents is 1.